The Balaban J connectivity index is 2.03. The molecule has 0 aliphatic rings. The second-order valence-corrected chi connectivity index (χ2v) is 8.38. The molecule has 0 fully saturated rings. The van der Waals surface area contributed by atoms with E-state index < -0.39 is 6.04 Å². The van der Waals surface area contributed by atoms with Gasteiger partial charge in [0.05, 0.1) is 11.1 Å². The molecule has 174 valence electrons. The minimum Gasteiger partial charge on any atom is -0.430 e. The molecule has 34 heavy (non-hydrogen) atoms. The first kappa shape index (κ1) is 23.0. The van der Waals surface area contributed by atoms with Crippen LogP contribution < -0.4 is 10.6 Å². The van der Waals surface area contributed by atoms with E-state index in [0.717, 1.165) is 28.0 Å². The minimum atomic E-state index is -0.465. The van der Waals surface area contributed by atoms with E-state index in [2.05, 4.69) is 21.1 Å². The summed E-state index contributed by atoms with van der Waals surface area (Å²) in [6.45, 7) is 6.28. The number of hydrogen-bond acceptors (Lipinski definition) is 7. The van der Waals surface area contributed by atoms with Gasteiger partial charge < -0.3 is 15.4 Å². The maximum Gasteiger partial charge on any atom is 0.298 e. The number of anilines is 2. The molecule has 8 heteroatoms. The molecule has 2 aromatic carbocycles. The van der Waals surface area contributed by atoms with E-state index in [-0.39, 0.29) is 0 Å². The van der Waals surface area contributed by atoms with Gasteiger partial charge in [0.15, 0.2) is 5.65 Å². The summed E-state index contributed by atoms with van der Waals surface area (Å²) >= 11 is 0. The summed E-state index contributed by atoms with van der Waals surface area (Å²) in [7, 11) is 3.98. The van der Waals surface area contributed by atoms with Crippen LogP contribution in [0, 0.1) is 13.8 Å². The van der Waals surface area contributed by atoms with E-state index in [1.54, 1.807) is 4.68 Å². The van der Waals surface area contributed by atoms with Gasteiger partial charge in [-0.2, -0.15) is 5.10 Å². The Labute approximate surface area is 198 Å². The largest absolute Gasteiger partial charge is 0.430 e. The third-order valence-electron chi connectivity index (χ3n) is 5.93. The highest BCUT2D eigenvalue weighted by molar-refractivity contribution is 5.89. The lowest BCUT2D eigenvalue weighted by atomic mass is 9.91. The number of hydrogen-bond donors (Lipinski definition) is 1. The van der Waals surface area contributed by atoms with Crippen molar-refractivity contribution in [3.8, 4) is 0 Å². The third-order valence-corrected chi connectivity index (χ3v) is 5.93. The third kappa shape index (κ3) is 4.10. The molecule has 4 rings (SSSR count). The van der Waals surface area contributed by atoms with Crippen LogP contribution in [0.2, 0.25) is 0 Å². The van der Waals surface area contributed by atoms with E-state index in [4.69, 9.17) is 10.5 Å². The van der Waals surface area contributed by atoms with Gasteiger partial charge in [-0.1, -0.05) is 36.4 Å². The average Bonchev–Trinajstić information content (AvgIpc) is 3.17. The highest BCUT2D eigenvalue weighted by atomic mass is 16.5. The fourth-order valence-electron chi connectivity index (χ4n) is 4.19. The van der Waals surface area contributed by atoms with Gasteiger partial charge in [0, 0.05) is 25.4 Å². The quantitative estimate of drug-likeness (QED) is 0.327. The monoisotopic (exact) mass is 456 g/mol. The number of benzene rings is 2. The predicted octanol–water partition coefficient (Wildman–Crippen LogP) is 4.28. The van der Waals surface area contributed by atoms with Crippen LogP contribution >= 0.6 is 0 Å². The predicted molar refractivity (Wildman–Crippen MR) is 134 cm³/mol. The number of carbonyl (C=O) groups excluding carboxylic acids is 1. The molecule has 0 aliphatic heterocycles. The van der Waals surface area contributed by atoms with Crippen LogP contribution in [-0.4, -0.2) is 40.3 Å². The molecule has 0 radical (unpaired) electrons. The van der Waals surface area contributed by atoms with Gasteiger partial charge in [-0.15, -0.1) is 0 Å². The Hall–Kier alpha value is -4.20. The van der Waals surface area contributed by atoms with Crippen LogP contribution in [0.3, 0.4) is 0 Å². The Kier molecular flexibility index (Phi) is 6.32. The van der Waals surface area contributed by atoms with Gasteiger partial charge in [-0.25, -0.2) is 14.6 Å². The van der Waals surface area contributed by atoms with Gasteiger partial charge in [-0.05, 0) is 49.6 Å². The van der Waals surface area contributed by atoms with Crippen molar-refractivity contribution in [1.82, 2.24) is 19.7 Å². The summed E-state index contributed by atoms with van der Waals surface area (Å²) in [5.74, 6) is 0.822. The molecular formula is C26H28N6O2. The molecule has 0 spiro atoms. The van der Waals surface area contributed by atoms with Crippen LogP contribution in [0.15, 0.2) is 60.6 Å². The van der Waals surface area contributed by atoms with Crippen molar-refractivity contribution < 1.29 is 9.53 Å². The number of aromatic nitrogens is 4. The van der Waals surface area contributed by atoms with E-state index in [1.165, 1.54) is 6.33 Å². The van der Waals surface area contributed by atoms with Crippen molar-refractivity contribution in [2.24, 2.45) is 0 Å². The summed E-state index contributed by atoms with van der Waals surface area (Å²) < 4.78 is 7.45. The van der Waals surface area contributed by atoms with E-state index in [1.807, 2.05) is 82.2 Å². The Bertz CT molecular complexity index is 1390. The Morgan fingerprint density at radius 2 is 1.88 bits per heavy atom. The molecule has 1 unspecified atom stereocenters. The molecular weight excluding hydrogens is 428 g/mol. The summed E-state index contributed by atoms with van der Waals surface area (Å²) in [4.78, 5) is 22.3. The average molecular weight is 457 g/mol. The highest BCUT2D eigenvalue weighted by Gasteiger charge is 2.26. The number of nitrogens with two attached hydrogens (primary N) is 1. The van der Waals surface area contributed by atoms with Crippen LogP contribution in [0.1, 0.15) is 35.3 Å². The number of carbonyl (C=O) groups is 1. The first-order valence-corrected chi connectivity index (χ1v) is 11.0. The van der Waals surface area contributed by atoms with Crippen molar-refractivity contribution in [1.29, 1.82) is 0 Å². The standard InChI is InChI=1S/C26H28N6O2/c1-16-9-6-7-12-21(16)23(19-10-8-11-20(13-19)31(4)5)24(34-15-33)18(3)32-26-22(17(2)30-32)25(27)28-14-29-26/h6-15,18H,1-5H3,(H2,27,28,29)/b24-23-. The molecule has 2 heterocycles. The van der Waals surface area contributed by atoms with Crippen LogP contribution in [0.4, 0.5) is 11.5 Å². The molecule has 1 atom stereocenters. The number of allylic oxidation sites excluding steroid dienone is 1. The van der Waals surface area contributed by atoms with Crippen molar-refractivity contribution in [3.63, 3.8) is 0 Å². The van der Waals surface area contributed by atoms with E-state index >= 15 is 0 Å². The maximum atomic E-state index is 11.8. The van der Waals surface area contributed by atoms with Crippen molar-refractivity contribution in [2.45, 2.75) is 26.8 Å². The van der Waals surface area contributed by atoms with Crippen molar-refractivity contribution in [2.75, 3.05) is 24.7 Å². The number of fused-ring (bicyclic) bond motifs is 1. The van der Waals surface area contributed by atoms with Gasteiger partial charge in [0.1, 0.15) is 23.9 Å². The first-order valence-electron chi connectivity index (χ1n) is 11.0. The molecule has 0 bridgehead atoms. The molecule has 0 amide bonds. The molecule has 2 N–H and O–H groups in total. The molecule has 8 nitrogen and oxygen atoms in total. The normalized spacial score (nSPS) is 12.9. The van der Waals surface area contributed by atoms with Gasteiger partial charge >= 0.3 is 0 Å². The molecule has 0 saturated carbocycles. The molecule has 4 aromatic rings. The SMILES string of the molecule is Cc1ccccc1/C(=C(\OC=O)C(C)n1nc(C)c2c(N)ncnc21)c1cccc(N(C)C)c1. The van der Waals surface area contributed by atoms with Gasteiger partial charge in [-0.3, -0.25) is 4.79 Å². The highest BCUT2D eigenvalue weighted by Crippen LogP contribution is 2.37. The van der Waals surface area contributed by atoms with Crippen LogP contribution in [-0.2, 0) is 9.53 Å². The lowest BCUT2D eigenvalue weighted by molar-refractivity contribution is -0.125. The zero-order valence-corrected chi connectivity index (χ0v) is 20.0. The zero-order valence-electron chi connectivity index (χ0n) is 20.0. The van der Waals surface area contributed by atoms with Crippen LogP contribution in [0.25, 0.3) is 16.6 Å². The van der Waals surface area contributed by atoms with E-state index in [9.17, 15) is 4.79 Å². The van der Waals surface area contributed by atoms with Gasteiger partial charge in [0.25, 0.3) is 6.47 Å². The topological polar surface area (TPSA) is 99.2 Å². The summed E-state index contributed by atoms with van der Waals surface area (Å²) in [6.07, 6.45) is 1.41. The minimum absolute atomic E-state index is 0.362. The second kappa shape index (κ2) is 9.35. The van der Waals surface area contributed by atoms with Gasteiger partial charge in [0.2, 0.25) is 0 Å². The summed E-state index contributed by atoms with van der Waals surface area (Å²) in [5.41, 5.74) is 12.2. The number of aryl methyl sites for hydroxylation is 2. The number of nitrogen functional groups attached to an aromatic ring is 1. The van der Waals surface area contributed by atoms with Crippen LogP contribution in [0.5, 0.6) is 0 Å². The zero-order chi connectivity index (χ0) is 24.4. The van der Waals surface area contributed by atoms with Crippen molar-refractivity contribution >= 4 is 34.6 Å². The Morgan fingerprint density at radius 1 is 1.12 bits per heavy atom. The van der Waals surface area contributed by atoms with Crippen molar-refractivity contribution in [3.05, 3.63) is 83.0 Å². The lowest BCUT2D eigenvalue weighted by Gasteiger charge is -2.22. The number of nitrogens with zero attached hydrogens (tertiary/aromatic N) is 5. The smallest absolute Gasteiger partial charge is 0.298 e. The fraction of sp³-hybridized carbons (Fsp3) is 0.231. The Morgan fingerprint density at radius 3 is 2.59 bits per heavy atom. The number of ether oxygens (including phenoxy) is 1. The summed E-state index contributed by atoms with van der Waals surface area (Å²) in [5, 5.41) is 5.37. The summed E-state index contributed by atoms with van der Waals surface area (Å²) in [6, 6.07) is 15.7. The second-order valence-electron chi connectivity index (χ2n) is 8.38. The first-order chi connectivity index (χ1) is 16.3. The van der Waals surface area contributed by atoms with E-state index in [0.29, 0.717) is 34.8 Å². The fourth-order valence-corrected chi connectivity index (χ4v) is 4.19. The molecule has 2 aromatic heterocycles. The lowest BCUT2D eigenvalue weighted by Crippen LogP contribution is -2.15. The number of rotatable bonds is 7. The molecule has 0 aliphatic carbocycles. The molecule has 0 saturated heterocycles. The maximum absolute atomic E-state index is 11.8.